The van der Waals surface area contributed by atoms with Gasteiger partial charge < -0.3 is 10.1 Å². The maximum Gasteiger partial charge on any atom is 0.238 e. The number of hydrogen-bond donors (Lipinski definition) is 1. The smallest absolute Gasteiger partial charge is 0.238 e. The van der Waals surface area contributed by atoms with Crippen LogP contribution in [0.15, 0.2) is 40.9 Å². The van der Waals surface area contributed by atoms with E-state index in [9.17, 15) is 4.79 Å². The number of halogens is 1. The SMILES string of the molecule is COc1ccc(Br)cc1CN(C)CC(=O)Nc1cc(C)ccc1C. The number of anilines is 1. The number of benzene rings is 2. The third kappa shape index (κ3) is 5.08. The fourth-order valence-corrected chi connectivity index (χ4v) is 2.93. The van der Waals surface area contributed by atoms with Gasteiger partial charge in [-0.1, -0.05) is 28.1 Å². The minimum Gasteiger partial charge on any atom is -0.496 e. The van der Waals surface area contributed by atoms with Gasteiger partial charge in [-0.2, -0.15) is 0 Å². The van der Waals surface area contributed by atoms with Crippen molar-refractivity contribution in [1.29, 1.82) is 0 Å². The number of methoxy groups -OCH3 is 1. The van der Waals surface area contributed by atoms with Gasteiger partial charge in [-0.05, 0) is 56.3 Å². The first kappa shape index (κ1) is 18.5. The van der Waals surface area contributed by atoms with Crippen molar-refractivity contribution in [1.82, 2.24) is 4.90 Å². The first-order valence-electron chi connectivity index (χ1n) is 7.77. The number of carbonyl (C=O) groups excluding carboxylic acids is 1. The average Bonchev–Trinajstić information content (AvgIpc) is 2.51. The molecule has 0 heterocycles. The van der Waals surface area contributed by atoms with Crippen LogP contribution in [0, 0.1) is 13.8 Å². The molecule has 2 rings (SSSR count). The molecule has 0 aliphatic rings. The standard InChI is InChI=1S/C19H23BrN2O2/c1-13-5-6-14(2)17(9-13)21-19(23)12-22(3)11-15-10-16(20)7-8-18(15)24-4/h5-10H,11-12H2,1-4H3,(H,21,23). The van der Waals surface area contributed by atoms with Crippen LogP contribution in [0.5, 0.6) is 5.75 Å². The third-order valence-corrected chi connectivity index (χ3v) is 4.26. The molecule has 1 N–H and O–H groups in total. The number of nitrogens with one attached hydrogen (secondary N) is 1. The predicted molar refractivity (Wildman–Crippen MR) is 102 cm³/mol. The summed E-state index contributed by atoms with van der Waals surface area (Å²) in [6.07, 6.45) is 0. The fourth-order valence-electron chi connectivity index (χ4n) is 2.52. The molecule has 0 spiro atoms. The summed E-state index contributed by atoms with van der Waals surface area (Å²) in [5, 5.41) is 2.99. The van der Waals surface area contributed by atoms with Gasteiger partial charge in [-0.15, -0.1) is 0 Å². The molecule has 24 heavy (non-hydrogen) atoms. The summed E-state index contributed by atoms with van der Waals surface area (Å²) in [5.74, 6) is 0.792. The molecule has 0 fully saturated rings. The molecule has 0 unspecified atom stereocenters. The van der Waals surface area contributed by atoms with Gasteiger partial charge >= 0.3 is 0 Å². The Kier molecular flexibility index (Phi) is 6.40. The maximum absolute atomic E-state index is 12.3. The van der Waals surface area contributed by atoms with E-state index in [0.717, 1.165) is 32.6 Å². The van der Waals surface area contributed by atoms with Crippen LogP contribution in [0.25, 0.3) is 0 Å². The van der Waals surface area contributed by atoms with Crippen LogP contribution in [-0.4, -0.2) is 31.5 Å². The second-order valence-corrected chi connectivity index (χ2v) is 6.91. The molecule has 5 heteroatoms. The van der Waals surface area contributed by atoms with E-state index in [-0.39, 0.29) is 5.91 Å². The zero-order valence-electron chi connectivity index (χ0n) is 14.5. The van der Waals surface area contributed by atoms with Crippen LogP contribution < -0.4 is 10.1 Å². The summed E-state index contributed by atoms with van der Waals surface area (Å²) in [4.78, 5) is 14.3. The molecule has 0 saturated carbocycles. The zero-order chi connectivity index (χ0) is 17.7. The minimum absolute atomic E-state index is 0.0276. The molecule has 0 aliphatic carbocycles. The van der Waals surface area contributed by atoms with Crippen LogP contribution in [0.1, 0.15) is 16.7 Å². The van der Waals surface area contributed by atoms with Gasteiger partial charge in [0.1, 0.15) is 5.75 Å². The van der Waals surface area contributed by atoms with Crippen molar-refractivity contribution in [2.75, 3.05) is 26.0 Å². The minimum atomic E-state index is -0.0276. The molecule has 0 aromatic heterocycles. The topological polar surface area (TPSA) is 41.6 Å². The van der Waals surface area contributed by atoms with Gasteiger partial charge in [-0.25, -0.2) is 0 Å². The number of amides is 1. The van der Waals surface area contributed by atoms with E-state index in [0.29, 0.717) is 13.1 Å². The lowest BCUT2D eigenvalue weighted by atomic mass is 10.1. The number of rotatable bonds is 6. The van der Waals surface area contributed by atoms with E-state index in [1.807, 2.05) is 62.2 Å². The average molecular weight is 391 g/mol. The molecule has 0 atom stereocenters. The number of aryl methyl sites for hydroxylation is 2. The Morgan fingerprint density at radius 2 is 1.96 bits per heavy atom. The summed E-state index contributed by atoms with van der Waals surface area (Å²) >= 11 is 3.47. The van der Waals surface area contributed by atoms with Crippen molar-refractivity contribution in [3.05, 3.63) is 57.6 Å². The van der Waals surface area contributed by atoms with Crippen LogP contribution >= 0.6 is 15.9 Å². The van der Waals surface area contributed by atoms with E-state index in [2.05, 4.69) is 21.2 Å². The van der Waals surface area contributed by atoms with Crippen molar-refractivity contribution in [3.8, 4) is 5.75 Å². The summed E-state index contributed by atoms with van der Waals surface area (Å²) in [5.41, 5.74) is 4.09. The van der Waals surface area contributed by atoms with Crippen LogP contribution in [0.3, 0.4) is 0 Å². The van der Waals surface area contributed by atoms with Gasteiger partial charge in [-0.3, -0.25) is 9.69 Å². The number of ether oxygens (including phenoxy) is 1. The Hall–Kier alpha value is -1.85. The Balaban J connectivity index is 1.99. The van der Waals surface area contributed by atoms with E-state index in [1.165, 1.54) is 0 Å². The lowest BCUT2D eigenvalue weighted by Gasteiger charge is -2.19. The first-order chi connectivity index (χ1) is 11.4. The van der Waals surface area contributed by atoms with Gasteiger partial charge in [0.15, 0.2) is 0 Å². The highest BCUT2D eigenvalue weighted by Gasteiger charge is 2.12. The van der Waals surface area contributed by atoms with Crippen LogP contribution in [0.4, 0.5) is 5.69 Å². The molecule has 0 radical (unpaired) electrons. The maximum atomic E-state index is 12.3. The highest BCUT2D eigenvalue weighted by atomic mass is 79.9. The number of likely N-dealkylation sites (N-methyl/N-ethyl adjacent to an activating group) is 1. The highest BCUT2D eigenvalue weighted by molar-refractivity contribution is 9.10. The van der Waals surface area contributed by atoms with Crippen molar-refractivity contribution < 1.29 is 9.53 Å². The summed E-state index contributed by atoms with van der Waals surface area (Å²) in [6.45, 7) is 4.94. The van der Waals surface area contributed by atoms with Gasteiger partial charge in [0.05, 0.1) is 13.7 Å². The Bertz CT molecular complexity index is 731. The second kappa shape index (κ2) is 8.31. The molecule has 0 aliphatic heterocycles. The summed E-state index contributed by atoms with van der Waals surface area (Å²) < 4.78 is 6.37. The molecular weight excluding hydrogens is 368 g/mol. The highest BCUT2D eigenvalue weighted by Crippen LogP contribution is 2.24. The zero-order valence-corrected chi connectivity index (χ0v) is 16.1. The lowest BCUT2D eigenvalue weighted by molar-refractivity contribution is -0.117. The summed E-state index contributed by atoms with van der Waals surface area (Å²) in [7, 11) is 3.57. The molecule has 4 nitrogen and oxygen atoms in total. The van der Waals surface area contributed by atoms with E-state index >= 15 is 0 Å². The lowest BCUT2D eigenvalue weighted by Crippen LogP contribution is -2.30. The van der Waals surface area contributed by atoms with Crippen molar-refractivity contribution in [2.24, 2.45) is 0 Å². The van der Waals surface area contributed by atoms with Crippen molar-refractivity contribution in [2.45, 2.75) is 20.4 Å². The van der Waals surface area contributed by atoms with Crippen LogP contribution in [-0.2, 0) is 11.3 Å². The number of carbonyl (C=O) groups is 1. The monoisotopic (exact) mass is 390 g/mol. The molecule has 0 bridgehead atoms. The van der Waals surface area contributed by atoms with Crippen LogP contribution in [0.2, 0.25) is 0 Å². The van der Waals surface area contributed by atoms with E-state index in [1.54, 1.807) is 7.11 Å². The van der Waals surface area contributed by atoms with Crippen molar-refractivity contribution >= 4 is 27.5 Å². The normalized spacial score (nSPS) is 10.8. The third-order valence-electron chi connectivity index (χ3n) is 3.76. The van der Waals surface area contributed by atoms with Gasteiger partial charge in [0.2, 0.25) is 5.91 Å². The molecule has 2 aromatic carbocycles. The van der Waals surface area contributed by atoms with Crippen molar-refractivity contribution in [3.63, 3.8) is 0 Å². The van der Waals surface area contributed by atoms with E-state index in [4.69, 9.17) is 4.74 Å². The Labute approximate surface area is 151 Å². The first-order valence-corrected chi connectivity index (χ1v) is 8.56. The van der Waals surface area contributed by atoms with E-state index < -0.39 is 0 Å². The van der Waals surface area contributed by atoms with Gasteiger partial charge in [0.25, 0.3) is 0 Å². The molecule has 0 saturated heterocycles. The second-order valence-electron chi connectivity index (χ2n) is 6.00. The molecule has 1 amide bonds. The molecule has 128 valence electrons. The number of hydrogen-bond acceptors (Lipinski definition) is 3. The summed E-state index contributed by atoms with van der Waals surface area (Å²) in [6, 6.07) is 11.9. The largest absolute Gasteiger partial charge is 0.496 e. The predicted octanol–water partition coefficient (Wildman–Crippen LogP) is 4.15. The Morgan fingerprint density at radius 3 is 2.67 bits per heavy atom. The quantitative estimate of drug-likeness (QED) is 0.805. The number of nitrogens with zero attached hydrogens (tertiary/aromatic N) is 1. The molecular formula is C19H23BrN2O2. The fraction of sp³-hybridized carbons (Fsp3) is 0.316. The van der Waals surface area contributed by atoms with Gasteiger partial charge in [0, 0.05) is 22.3 Å². The Morgan fingerprint density at radius 1 is 1.21 bits per heavy atom. The molecule has 2 aromatic rings.